The maximum absolute atomic E-state index is 14.9. The van der Waals surface area contributed by atoms with Gasteiger partial charge in [-0.25, -0.2) is 9.37 Å². The van der Waals surface area contributed by atoms with Gasteiger partial charge in [-0.15, -0.1) is 0 Å². The highest BCUT2D eigenvalue weighted by Crippen LogP contribution is 2.46. The average molecular weight is 507 g/mol. The van der Waals surface area contributed by atoms with E-state index in [1.165, 1.54) is 18.5 Å². The van der Waals surface area contributed by atoms with Crippen LogP contribution < -0.4 is 0 Å². The summed E-state index contributed by atoms with van der Waals surface area (Å²) in [6.07, 6.45) is 6.67. The first-order valence-corrected chi connectivity index (χ1v) is 12.8. The summed E-state index contributed by atoms with van der Waals surface area (Å²) in [7, 11) is 0. The van der Waals surface area contributed by atoms with Crippen molar-refractivity contribution in [3.63, 3.8) is 0 Å². The minimum absolute atomic E-state index is 0.360. The minimum Gasteiger partial charge on any atom is -0.307 e. The third-order valence-electron chi connectivity index (χ3n) is 7.37. The lowest BCUT2D eigenvalue weighted by molar-refractivity contribution is 0.546. The highest BCUT2D eigenvalue weighted by Gasteiger charge is 2.41. The molecule has 3 aromatic carbocycles. The van der Waals surface area contributed by atoms with Crippen LogP contribution in [0.3, 0.4) is 0 Å². The molecule has 0 saturated carbocycles. The van der Waals surface area contributed by atoms with Crippen LogP contribution in [0.15, 0.2) is 140 Å². The van der Waals surface area contributed by atoms with Crippen LogP contribution in [-0.2, 0) is 5.54 Å². The van der Waals surface area contributed by atoms with Crippen molar-refractivity contribution in [1.29, 1.82) is 0 Å². The Bertz CT molecular complexity index is 1820. The van der Waals surface area contributed by atoms with Crippen LogP contribution in [0.4, 0.5) is 4.39 Å². The standard InChI is InChI=1S/C34H23FN4/c35-30-18-20-36-23-29(30)31-17-16-27-28-22-37-21-19-32(28)39(33(27)38-31)34(24-10-4-1-5-11-24,25-12-6-2-7-13-25)26-14-8-3-9-15-26/h1-23H. The molecule has 0 N–H and O–H groups in total. The van der Waals surface area contributed by atoms with E-state index in [1.807, 2.05) is 48.8 Å². The molecule has 0 amide bonds. The quantitative estimate of drug-likeness (QED) is 0.226. The fraction of sp³-hybridized carbons (Fsp3) is 0.0294. The number of rotatable bonds is 5. The van der Waals surface area contributed by atoms with E-state index in [1.54, 1.807) is 0 Å². The topological polar surface area (TPSA) is 43.6 Å². The molecule has 0 unspecified atom stereocenters. The molecule has 0 radical (unpaired) electrons. The van der Waals surface area contributed by atoms with Crippen molar-refractivity contribution >= 4 is 21.9 Å². The van der Waals surface area contributed by atoms with E-state index in [9.17, 15) is 4.39 Å². The van der Waals surface area contributed by atoms with Gasteiger partial charge in [-0.2, -0.15) is 0 Å². The molecule has 0 fully saturated rings. The van der Waals surface area contributed by atoms with Crippen LogP contribution in [0.25, 0.3) is 33.2 Å². The Balaban J connectivity index is 1.70. The zero-order valence-electron chi connectivity index (χ0n) is 20.9. The van der Waals surface area contributed by atoms with Crippen molar-refractivity contribution < 1.29 is 4.39 Å². The normalized spacial score (nSPS) is 11.7. The van der Waals surface area contributed by atoms with E-state index in [0.29, 0.717) is 11.3 Å². The Morgan fingerprint density at radius 2 is 1.13 bits per heavy atom. The molecule has 0 spiro atoms. The number of nitrogens with zero attached hydrogens (tertiary/aromatic N) is 4. The van der Waals surface area contributed by atoms with Gasteiger partial charge in [0.1, 0.15) is 17.0 Å². The summed E-state index contributed by atoms with van der Waals surface area (Å²) in [5, 5.41) is 1.92. The molecule has 0 aliphatic heterocycles. The Hall–Kier alpha value is -5.16. The summed E-state index contributed by atoms with van der Waals surface area (Å²) in [4.78, 5) is 13.8. The van der Waals surface area contributed by atoms with E-state index in [0.717, 1.165) is 38.6 Å². The second kappa shape index (κ2) is 9.30. The van der Waals surface area contributed by atoms with Gasteiger partial charge in [-0.05, 0) is 41.0 Å². The van der Waals surface area contributed by atoms with E-state index in [2.05, 4.69) is 87.3 Å². The maximum Gasteiger partial charge on any atom is 0.143 e. The largest absolute Gasteiger partial charge is 0.307 e. The van der Waals surface area contributed by atoms with Gasteiger partial charge in [-0.1, -0.05) is 91.0 Å². The molecule has 7 rings (SSSR count). The predicted octanol–water partition coefficient (Wildman–Crippen LogP) is 7.63. The van der Waals surface area contributed by atoms with E-state index in [-0.39, 0.29) is 5.82 Å². The fourth-order valence-corrected chi connectivity index (χ4v) is 5.71. The smallest absolute Gasteiger partial charge is 0.143 e. The minimum atomic E-state index is -0.787. The summed E-state index contributed by atoms with van der Waals surface area (Å²) >= 11 is 0. The number of aromatic nitrogens is 4. The lowest BCUT2D eigenvalue weighted by Crippen LogP contribution is -2.37. The van der Waals surface area contributed by atoms with Crippen LogP contribution in [0.5, 0.6) is 0 Å². The van der Waals surface area contributed by atoms with Crippen molar-refractivity contribution in [2.24, 2.45) is 0 Å². The van der Waals surface area contributed by atoms with Gasteiger partial charge in [0.15, 0.2) is 0 Å². The van der Waals surface area contributed by atoms with Crippen LogP contribution >= 0.6 is 0 Å². The second-order valence-electron chi connectivity index (χ2n) is 9.46. The third-order valence-corrected chi connectivity index (χ3v) is 7.37. The number of hydrogen-bond acceptors (Lipinski definition) is 3. The van der Waals surface area contributed by atoms with E-state index < -0.39 is 5.54 Å². The van der Waals surface area contributed by atoms with Gasteiger partial charge in [0, 0.05) is 35.6 Å². The molecule has 4 heterocycles. The molecule has 0 saturated heterocycles. The first-order valence-electron chi connectivity index (χ1n) is 12.8. The van der Waals surface area contributed by atoms with Crippen molar-refractivity contribution in [2.45, 2.75) is 5.54 Å². The third kappa shape index (κ3) is 3.55. The van der Waals surface area contributed by atoms with Crippen molar-refractivity contribution in [3.05, 3.63) is 163 Å². The molecule has 0 atom stereocenters. The highest BCUT2D eigenvalue weighted by atomic mass is 19.1. The van der Waals surface area contributed by atoms with E-state index in [4.69, 9.17) is 4.98 Å². The lowest BCUT2D eigenvalue weighted by Gasteiger charge is -2.38. The lowest BCUT2D eigenvalue weighted by atomic mass is 9.76. The Kier molecular flexibility index (Phi) is 5.48. The molecule has 4 aromatic heterocycles. The average Bonchev–Trinajstić information content (AvgIpc) is 3.34. The predicted molar refractivity (Wildman–Crippen MR) is 153 cm³/mol. The molecule has 7 aromatic rings. The van der Waals surface area contributed by atoms with Crippen LogP contribution in [0.1, 0.15) is 16.7 Å². The molecular weight excluding hydrogens is 483 g/mol. The van der Waals surface area contributed by atoms with Gasteiger partial charge in [0.05, 0.1) is 16.8 Å². The Morgan fingerprint density at radius 1 is 0.564 bits per heavy atom. The van der Waals surface area contributed by atoms with Gasteiger partial charge < -0.3 is 4.57 Å². The Morgan fingerprint density at radius 3 is 1.72 bits per heavy atom. The van der Waals surface area contributed by atoms with Gasteiger partial charge in [-0.3, -0.25) is 9.97 Å². The number of hydrogen-bond donors (Lipinski definition) is 0. The van der Waals surface area contributed by atoms with Crippen molar-refractivity contribution in [1.82, 2.24) is 19.5 Å². The number of benzene rings is 3. The summed E-state index contributed by atoms with van der Waals surface area (Å²) in [5.41, 5.74) is 5.05. The summed E-state index contributed by atoms with van der Waals surface area (Å²) < 4.78 is 17.2. The molecule has 0 aliphatic rings. The molecular formula is C34H23FN4. The van der Waals surface area contributed by atoms with Crippen LogP contribution in [0.2, 0.25) is 0 Å². The van der Waals surface area contributed by atoms with Gasteiger partial charge >= 0.3 is 0 Å². The number of pyridine rings is 3. The zero-order chi connectivity index (χ0) is 26.2. The van der Waals surface area contributed by atoms with Crippen LogP contribution in [-0.4, -0.2) is 19.5 Å². The molecule has 39 heavy (non-hydrogen) atoms. The SMILES string of the molecule is Fc1ccncc1-c1ccc2c3cnccc3n(C(c3ccccc3)(c3ccccc3)c3ccccc3)c2n1. The zero-order valence-corrected chi connectivity index (χ0v) is 20.9. The molecule has 0 bridgehead atoms. The monoisotopic (exact) mass is 506 g/mol. The van der Waals surface area contributed by atoms with Crippen molar-refractivity contribution in [2.75, 3.05) is 0 Å². The van der Waals surface area contributed by atoms with E-state index >= 15 is 0 Å². The Labute approximate surface area is 225 Å². The molecule has 186 valence electrons. The number of halogens is 1. The summed E-state index contributed by atoms with van der Waals surface area (Å²) in [6, 6.07) is 38.7. The first-order chi connectivity index (χ1) is 19.3. The first kappa shape index (κ1) is 23.0. The maximum atomic E-state index is 14.9. The number of fused-ring (bicyclic) bond motifs is 3. The fourth-order valence-electron chi connectivity index (χ4n) is 5.71. The highest BCUT2D eigenvalue weighted by molar-refractivity contribution is 6.07. The van der Waals surface area contributed by atoms with Gasteiger partial charge in [0.2, 0.25) is 0 Å². The summed E-state index contributed by atoms with van der Waals surface area (Å²) in [6.45, 7) is 0. The molecule has 5 heteroatoms. The summed E-state index contributed by atoms with van der Waals surface area (Å²) in [5.74, 6) is -0.360. The van der Waals surface area contributed by atoms with Crippen LogP contribution in [0, 0.1) is 5.82 Å². The van der Waals surface area contributed by atoms with Gasteiger partial charge in [0.25, 0.3) is 0 Å². The molecule has 0 aliphatic carbocycles. The molecule has 4 nitrogen and oxygen atoms in total. The van der Waals surface area contributed by atoms with Crippen molar-refractivity contribution in [3.8, 4) is 11.3 Å². The second-order valence-corrected chi connectivity index (χ2v) is 9.46.